The van der Waals surface area contributed by atoms with Crippen molar-refractivity contribution in [2.75, 3.05) is 18.8 Å². The molecule has 0 spiro atoms. The molecule has 1 aromatic rings. The van der Waals surface area contributed by atoms with Crippen molar-refractivity contribution in [3.05, 3.63) is 21.9 Å². The van der Waals surface area contributed by atoms with Gasteiger partial charge in [0.1, 0.15) is 0 Å². The van der Waals surface area contributed by atoms with Crippen LogP contribution in [-0.4, -0.2) is 33.2 Å². The summed E-state index contributed by atoms with van der Waals surface area (Å²) in [5, 5.41) is 13.0. The first-order valence-corrected chi connectivity index (χ1v) is 8.57. The Morgan fingerprint density at radius 3 is 2.74 bits per heavy atom. The minimum Gasteiger partial charge on any atom is -0.357 e. The van der Waals surface area contributed by atoms with Crippen molar-refractivity contribution in [1.82, 2.24) is 10.6 Å². The molecule has 1 rings (SSSR count). The van der Waals surface area contributed by atoms with Crippen LogP contribution >= 0.6 is 11.3 Å². The lowest BCUT2D eigenvalue weighted by Crippen LogP contribution is -2.40. The molecule has 6 nitrogen and oxygen atoms in total. The van der Waals surface area contributed by atoms with E-state index >= 15 is 0 Å². The summed E-state index contributed by atoms with van der Waals surface area (Å²) in [5.41, 5.74) is 1.22. The number of aryl methyl sites for hydroxylation is 1. The first kappa shape index (κ1) is 15.9. The summed E-state index contributed by atoms with van der Waals surface area (Å²) in [7, 11) is -3.44. The lowest BCUT2D eigenvalue weighted by Gasteiger charge is -2.10. The lowest BCUT2D eigenvalue weighted by atomic mass is 10.3. The van der Waals surface area contributed by atoms with Crippen LogP contribution in [0.5, 0.6) is 0 Å². The number of aliphatic imine (C=N–C) groups is 1. The number of thiophene rings is 1. The van der Waals surface area contributed by atoms with E-state index in [2.05, 4.69) is 21.7 Å². The van der Waals surface area contributed by atoms with Crippen LogP contribution in [-0.2, 0) is 16.6 Å². The number of sulfonamides is 1. The quantitative estimate of drug-likeness (QED) is 0.523. The minimum absolute atomic E-state index is 0.116. The molecule has 1 aromatic heterocycles. The number of hydrogen-bond acceptors (Lipinski definition) is 4. The molecule has 0 aliphatic carbocycles. The van der Waals surface area contributed by atoms with Gasteiger partial charge in [0.25, 0.3) is 0 Å². The summed E-state index contributed by atoms with van der Waals surface area (Å²) >= 11 is 1.66. The predicted molar refractivity (Wildman–Crippen MR) is 79.8 cm³/mol. The average Bonchev–Trinajstić information content (AvgIpc) is 2.70. The van der Waals surface area contributed by atoms with Gasteiger partial charge in [0.05, 0.1) is 12.3 Å². The van der Waals surface area contributed by atoms with Crippen molar-refractivity contribution < 1.29 is 8.42 Å². The second kappa shape index (κ2) is 7.46. The Bertz CT molecular complexity index is 523. The molecule has 0 saturated carbocycles. The molecular formula is C11H20N4O2S2. The summed E-state index contributed by atoms with van der Waals surface area (Å²) in [6.07, 6.45) is 0. The van der Waals surface area contributed by atoms with Gasteiger partial charge in [-0.3, -0.25) is 0 Å². The van der Waals surface area contributed by atoms with Crippen LogP contribution < -0.4 is 15.8 Å². The van der Waals surface area contributed by atoms with E-state index in [0.29, 0.717) is 19.0 Å². The smallest absolute Gasteiger partial charge is 0.210 e. The maximum Gasteiger partial charge on any atom is 0.210 e. The van der Waals surface area contributed by atoms with Gasteiger partial charge in [0.15, 0.2) is 5.96 Å². The van der Waals surface area contributed by atoms with Crippen LogP contribution in [0.4, 0.5) is 0 Å². The van der Waals surface area contributed by atoms with E-state index in [4.69, 9.17) is 5.14 Å². The monoisotopic (exact) mass is 304 g/mol. The first-order valence-electron chi connectivity index (χ1n) is 5.98. The molecule has 19 heavy (non-hydrogen) atoms. The van der Waals surface area contributed by atoms with Gasteiger partial charge >= 0.3 is 0 Å². The first-order chi connectivity index (χ1) is 8.92. The maximum atomic E-state index is 10.8. The van der Waals surface area contributed by atoms with Gasteiger partial charge in [-0.2, -0.15) is 0 Å². The topological polar surface area (TPSA) is 96.6 Å². The van der Waals surface area contributed by atoms with Crippen LogP contribution in [0.25, 0.3) is 0 Å². The average molecular weight is 304 g/mol. The molecule has 8 heteroatoms. The third-order valence-corrected chi connectivity index (χ3v) is 4.15. The molecule has 0 amide bonds. The number of nitrogens with zero attached hydrogens (tertiary/aromatic N) is 1. The molecule has 0 radical (unpaired) electrons. The lowest BCUT2D eigenvalue weighted by molar-refractivity contribution is 0.596. The SMILES string of the molecule is CCNC(=NCc1sccc1C)NCCS(N)(=O)=O. The Balaban J connectivity index is 2.54. The third kappa shape index (κ3) is 6.55. The summed E-state index contributed by atoms with van der Waals surface area (Å²) in [6.45, 7) is 5.53. The summed E-state index contributed by atoms with van der Waals surface area (Å²) < 4.78 is 21.7. The van der Waals surface area contributed by atoms with Gasteiger partial charge in [-0.1, -0.05) is 0 Å². The third-order valence-electron chi connectivity index (χ3n) is 2.37. The zero-order valence-corrected chi connectivity index (χ0v) is 12.8. The predicted octanol–water partition coefficient (Wildman–Crippen LogP) is 0.400. The molecule has 0 atom stereocenters. The van der Waals surface area contributed by atoms with Crippen molar-refractivity contribution >= 4 is 27.3 Å². The minimum atomic E-state index is -3.44. The molecule has 0 aromatic carbocycles. The normalized spacial score (nSPS) is 12.5. The van der Waals surface area contributed by atoms with Gasteiger partial charge in [0, 0.05) is 18.0 Å². The highest BCUT2D eigenvalue weighted by molar-refractivity contribution is 7.89. The highest BCUT2D eigenvalue weighted by Crippen LogP contribution is 2.16. The molecule has 4 N–H and O–H groups in total. The number of primary sulfonamides is 1. The molecular weight excluding hydrogens is 284 g/mol. The van der Waals surface area contributed by atoms with Crippen LogP contribution in [0.2, 0.25) is 0 Å². The van der Waals surface area contributed by atoms with Crippen LogP contribution in [0, 0.1) is 6.92 Å². The second-order valence-corrected chi connectivity index (χ2v) is 6.75. The number of nitrogens with one attached hydrogen (secondary N) is 2. The van der Waals surface area contributed by atoms with Crippen LogP contribution in [0.15, 0.2) is 16.4 Å². The molecule has 108 valence electrons. The van der Waals surface area contributed by atoms with Crippen molar-refractivity contribution in [2.24, 2.45) is 10.1 Å². The molecule has 0 saturated heterocycles. The Morgan fingerprint density at radius 2 is 2.21 bits per heavy atom. The van der Waals surface area contributed by atoms with Gasteiger partial charge < -0.3 is 10.6 Å². The highest BCUT2D eigenvalue weighted by atomic mass is 32.2. The standard InChI is InChI=1S/C11H20N4O2S2/c1-3-13-11(14-5-7-19(12,16)17)15-8-10-9(2)4-6-18-10/h4,6H,3,5,7-8H2,1-2H3,(H2,12,16,17)(H2,13,14,15). The Morgan fingerprint density at radius 1 is 1.47 bits per heavy atom. The Labute approximate surface area is 118 Å². The van der Waals surface area contributed by atoms with Gasteiger partial charge in [-0.25, -0.2) is 18.5 Å². The Kier molecular flexibility index (Phi) is 6.26. The molecule has 0 bridgehead atoms. The van der Waals surface area contributed by atoms with Crippen LogP contribution in [0.3, 0.4) is 0 Å². The fourth-order valence-electron chi connectivity index (χ4n) is 1.37. The zero-order chi connectivity index (χ0) is 14.3. The van der Waals surface area contributed by atoms with Crippen molar-refractivity contribution in [3.8, 4) is 0 Å². The second-order valence-electron chi connectivity index (χ2n) is 4.02. The molecule has 0 aliphatic heterocycles. The van der Waals surface area contributed by atoms with Crippen molar-refractivity contribution in [3.63, 3.8) is 0 Å². The summed E-state index contributed by atoms with van der Waals surface area (Å²) in [6, 6.07) is 2.05. The molecule has 0 aliphatic rings. The van der Waals surface area contributed by atoms with Crippen molar-refractivity contribution in [2.45, 2.75) is 20.4 Å². The van der Waals surface area contributed by atoms with E-state index in [1.165, 1.54) is 10.4 Å². The largest absolute Gasteiger partial charge is 0.357 e. The number of nitrogens with two attached hydrogens (primary N) is 1. The van der Waals surface area contributed by atoms with Crippen molar-refractivity contribution in [1.29, 1.82) is 0 Å². The number of hydrogen-bond donors (Lipinski definition) is 3. The fourth-order valence-corrected chi connectivity index (χ4v) is 2.59. The van der Waals surface area contributed by atoms with Gasteiger partial charge in [0.2, 0.25) is 10.0 Å². The number of guanidine groups is 1. The van der Waals surface area contributed by atoms with E-state index in [1.807, 2.05) is 19.2 Å². The van der Waals surface area contributed by atoms with E-state index in [-0.39, 0.29) is 12.3 Å². The molecule has 1 heterocycles. The number of rotatable bonds is 6. The summed E-state index contributed by atoms with van der Waals surface area (Å²) in [5.74, 6) is 0.481. The van der Waals surface area contributed by atoms with Crippen LogP contribution in [0.1, 0.15) is 17.4 Å². The van der Waals surface area contributed by atoms with Gasteiger partial charge in [-0.05, 0) is 30.9 Å². The van der Waals surface area contributed by atoms with E-state index in [1.54, 1.807) is 11.3 Å². The highest BCUT2D eigenvalue weighted by Gasteiger charge is 2.04. The van der Waals surface area contributed by atoms with E-state index in [9.17, 15) is 8.42 Å². The summed E-state index contributed by atoms with van der Waals surface area (Å²) in [4.78, 5) is 5.60. The van der Waals surface area contributed by atoms with E-state index < -0.39 is 10.0 Å². The maximum absolute atomic E-state index is 10.8. The molecule has 0 unspecified atom stereocenters. The zero-order valence-electron chi connectivity index (χ0n) is 11.1. The molecule has 0 fully saturated rings. The van der Waals surface area contributed by atoms with Gasteiger partial charge in [-0.15, -0.1) is 11.3 Å². The Hall–Kier alpha value is -1.12. The fraction of sp³-hybridized carbons (Fsp3) is 0.545. The van der Waals surface area contributed by atoms with E-state index in [0.717, 1.165) is 0 Å².